The van der Waals surface area contributed by atoms with Crippen LogP contribution in [0.1, 0.15) is 89.7 Å². The summed E-state index contributed by atoms with van der Waals surface area (Å²) in [7, 11) is 1.55. The van der Waals surface area contributed by atoms with Gasteiger partial charge in [0, 0.05) is 76.3 Å². The van der Waals surface area contributed by atoms with Crippen molar-refractivity contribution in [1.82, 2.24) is 25.2 Å². The van der Waals surface area contributed by atoms with Crippen LogP contribution in [0.15, 0.2) is 6.20 Å². The van der Waals surface area contributed by atoms with Gasteiger partial charge >= 0.3 is 0 Å². The summed E-state index contributed by atoms with van der Waals surface area (Å²) in [4.78, 5) is 75.0. The van der Waals surface area contributed by atoms with Crippen LogP contribution < -0.4 is 11.1 Å². The van der Waals surface area contributed by atoms with Crippen LogP contribution in [0.25, 0.3) is 0 Å². The van der Waals surface area contributed by atoms with E-state index in [2.05, 4.69) is 15.6 Å². The standard InChI is InChI=1S/C48H82N6O15/c1-38-32-46(58)54(48(38)60)34-39-8-10-40(11-9-39)45(57)13-12-42-35-53(52-51-42)15-17-62-19-21-64-23-25-66-27-29-68-31-30-67-28-26-65-24-22-63-20-18-61-16-5-7-43(55)36-69-37-44(56)33-41(47(59)50-2)6-3-4-14-49/h35,38-41H,3-34,36-37,49H2,1-2H3,(H,50,59). The molecule has 1 saturated heterocycles. The highest BCUT2D eigenvalue weighted by molar-refractivity contribution is 6.03. The molecule has 2 unspecified atom stereocenters. The first kappa shape index (κ1) is 59.7. The number of Topliss-reactive ketones (excluding diaryl/α,β-unsaturated/α-hetero) is 3. The Balaban J connectivity index is 0.980. The lowest BCUT2D eigenvalue weighted by Gasteiger charge is -2.30. The summed E-state index contributed by atoms with van der Waals surface area (Å²) in [5, 5.41) is 11.0. The van der Waals surface area contributed by atoms with E-state index in [0.29, 0.717) is 157 Å². The van der Waals surface area contributed by atoms with E-state index in [4.69, 9.17) is 48.4 Å². The predicted molar refractivity (Wildman–Crippen MR) is 251 cm³/mol. The summed E-state index contributed by atoms with van der Waals surface area (Å²) < 4.78 is 51.3. The molecule has 1 saturated carbocycles. The first-order valence-corrected chi connectivity index (χ1v) is 25.0. The fourth-order valence-corrected chi connectivity index (χ4v) is 7.90. The van der Waals surface area contributed by atoms with E-state index in [0.717, 1.165) is 44.2 Å². The van der Waals surface area contributed by atoms with Crippen molar-refractivity contribution in [3.8, 4) is 0 Å². The number of ketones is 3. The second-order valence-electron chi connectivity index (χ2n) is 17.5. The lowest BCUT2D eigenvalue weighted by molar-refractivity contribution is -0.140. The number of unbranched alkanes of at least 4 members (excludes halogenated alkanes) is 1. The van der Waals surface area contributed by atoms with Crippen molar-refractivity contribution in [3.05, 3.63) is 11.9 Å². The van der Waals surface area contributed by atoms with Crippen molar-refractivity contribution in [2.75, 3.05) is 139 Å². The van der Waals surface area contributed by atoms with E-state index >= 15 is 0 Å². The molecule has 0 aromatic carbocycles. The van der Waals surface area contributed by atoms with Crippen molar-refractivity contribution >= 4 is 35.1 Å². The van der Waals surface area contributed by atoms with E-state index in [9.17, 15) is 28.8 Å². The molecule has 3 rings (SSSR count). The van der Waals surface area contributed by atoms with Gasteiger partial charge < -0.3 is 53.7 Å². The first-order valence-electron chi connectivity index (χ1n) is 25.0. The maximum absolute atomic E-state index is 12.9. The predicted octanol–water partition coefficient (Wildman–Crippen LogP) is 1.93. The Bertz CT molecular complexity index is 1590. The molecule has 1 aliphatic carbocycles. The highest BCUT2D eigenvalue weighted by Crippen LogP contribution is 2.32. The Morgan fingerprint density at radius 3 is 1.75 bits per heavy atom. The van der Waals surface area contributed by atoms with Crippen LogP contribution in [-0.4, -0.2) is 194 Å². The molecule has 21 nitrogen and oxygen atoms in total. The maximum atomic E-state index is 12.9. The largest absolute Gasteiger partial charge is 0.379 e. The molecule has 21 heteroatoms. The molecule has 0 spiro atoms. The zero-order chi connectivity index (χ0) is 49.7. The first-order chi connectivity index (χ1) is 33.6. The SMILES string of the molecule is CNC(=O)C(CCCCN)CC(=O)COCC(=O)CCCOCCOCCOCCOCCOCCOCCOCCOCCn1cc(CCC(=O)C2CCC(CN3C(=O)CC(C)C3=O)CC2)nn1. The van der Waals surface area contributed by atoms with E-state index in [1.165, 1.54) is 4.90 Å². The molecule has 0 radical (unpaired) electrons. The molecule has 2 fully saturated rings. The van der Waals surface area contributed by atoms with E-state index in [1.807, 2.05) is 6.20 Å². The van der Waals surface area contributed by atoms with Gasteiger partial charge in [-0.3, -0.25) is 33.7 Å². The number of nitrogens with two attached hydrogens (primary N) is 1. The van der Waals surface area contributed by atoms with Crippen LogP contribution in [0.3, 0.4) is 0 Å². The Morgan fingerprint density at radius 1 is 0.696 bits per heavy atom. The lowest BCUT2D eigenvalue weighted by atomic mass is 9.79. The van der Waals surface area contributed by atoms with Crippen molar-refractivity contribution in [2.45, 2.75) is 96.9 Å². The Kier molecular flexibility index (Phi) is 32.9. The number of hydrogen-bond acceptors (Lipinski definition) is 18. The summed E-state index contributed by atoms with van der Waals surface area (Å²) in [5.41, 5.74) is 6.29. The number of aryl methyl sites for hydroxylation is 1. The number of aromatic nitrogens is 3. The molecule has 0 bridgehead atoms. The number of likely N-dealkylation sites (tertiary alicyclic amines) is 1. The molecule has 2 aliphatic rings. The molecule has 394 valence electrons. The quantitative estimate of drug-likeness (QED) is 0.0699. The fourth-order valence-electron chi connectivity index (χ4n) is 7.90. The molecule has 1 aromatic heterocycles. The van der Waals surface area contributed by atoms with Gasteiger partial charge in [-0.15, -0.1) is 5.10 Å². The molecule has 3 amide bonds. The van der Waals surface area contributed by atoms with Gasteiger partial charge in [0.15, 0.2) is 11.6 Å². The van der Waals surface area contributed by atoms with Crippen molar-refractivity contribution in [1.29, 1.82) is 0 Å². The summed E-state index contributed by atoms with van der Waals surface area (Å²) in [6.45, 7) is 10.1. The number of ether oxygens (including phenoxy) is 9. The van der Waals surface area contributed by atoms with E-state index in [1.54, 1.807) is 18.7 Å². The van der Waals surface area contributed by atoms with Crippen LogP contribution in [0.4, 0.5) is 0 Å². The molecule has 2 atom stereocenters. The van der Waals surface area contributed by atoms with Gasteiger partial charge in [-0.2, -0.15) is 0 Å². The van der Waals surface area contributed by atoms with Crippen molar-refractivity contribution in [2.24, 2.45) is 29.4 Å². The van der Waals surface area contributed by atoms with E-state index in [-0.39, 0.29) is 78.9 Å². The highest BCUT2D eigenvalue weighted by Gasteiger charge is 2.37. The highest BCUT2D eigenvalue weighted by atomic mass is 16.6. The summed E-state index contributed by atoms with van der Waals surface area (Å²) in [6.07, 6.45) is 9.52. The van der Waals surface area contributed by atoms with Crippen LogP contribution >= 0.6 is 0 Å². The van der Waals surface area contributed by atoms with Gasteiger partial charge in [-0.1, -0.05) is 18.6 Å². The number of carbonyl (C=O) groups is 6. The minimum atomic E-state index is -0.413. The van der Waals surface area contributed by atoms with Crippen LogP contribution in [0, 0.1) is 23.7 Å². The van der Waals surface area contributed by atoms with Crippen LogP contribution in [0.5, 0.6) is 0 Å². The minimum absolute atomic E-state index is 0.0279. The number of nitrogens with zero attached hydrogens (tertiary/aromatic N) is 4. The third kappa shape index (κ3) is 27.5. The zero-order valence-electron chi connectivity index (χ0n) is 41.4. The number of imide groups is 1. The average molecular weight is 983 g/mol. The maximum Gasteiger partial charge on any atom is 0.232 e. The number of nitrogens with one attached hydrogen (secondary N) is 1. The van der Waals surface area contributed by atoms with Gasteiger partial charge in [0.1, 0.15) is 19.0 Å². The van der Waals surface area contributed by atoms with Gasteiger partial charge in [0.25, 0.3) is 0 Å². The number of carbonyl (C=O) groups excluding carboxylic acids is 6. The third-order valence-electron chi connectivity index (χ3n) is 11.9. The smallest absolute Gasteiger partial charge is 0.232 e. The fraction of sp³-hybridized carbons (Fsp3) is 0.833. The number of hydrogen-bond donors (Lipinski definition) is 2. The monoisotopic (exact) mass is 983 g/mol. The normalized spacial score (nSPS) is 17.7. The van der Waals surface area contributed by atoms with Crippen molar-refractivity contribution < 1.29 is 71.4 Å². The van der Waals surface area contributed by atoms with Crippen LogP contribution in [-0.2, 0) is 84.4 Å². The zero-order valence-corrected chi connectivity index (χ0v) is 41.4. The Labute approximate surface area is 408 Å². The second-order valence-corrected chi connectivity index (χ2v) is 17.5. The number of rotatable bonds is 45. The minimum Gasteiger partial charge on any atom is -0.379 e. The molecular weight excluding hydrogens is 901 g/mol. The van der Waals surface area contributed by atoms with Gasteiger partial charge in [0.2, 0.25) is 17.7 Å². The molecule has 2 heterocycles. The summed E-state index contributed by atoms with van der Waals surface area (Å²) in [6, 6.07) is 0. The molecule has 69 heavy (non-hydrogen) atoms. The molecule has 3 N–H and O–H groups in total. The Hall–Kier alpha value is -3.64. The van der Waals surface area contributed by atoms with Gasteiger partial charge in [-0.05, 0) is 57.4 Å². The molecular formula is C48H82N6O15. The summed E-state index contributed by atoms with van der Waals surface area (Å²) >= 11 is 0. The van der Waals surface area contributed by atoms with E-state index < -0.39 is 5.92 Å². The number of amides is 3. The molecule has 1 aliphatic heterocycles. The average Bonchev–Trinajstić information content (AvgIpc) is 3.90. The lowest BCUT2D eigenvalue weighted by Crippen LogP contribution is -2.36. The van der Waals surface area contributed by atoms with Gasteiger partial charge in [0.05, 0.1) is 111 Å². The Morgan fingerprint density at radius 2 is 1.23 bits per heavy atom. The topological polar surface area (TPSA) is 257 Å². The van der Waals surface area contributed by atoms with Crippen molar-refractivity contribution in [3.63, 3.8) is 0 Å². The summed E-state index contributed by atoms with van der Waals surface area (Å²) in [5.74, 6) is -0.706. The molecule has 1 aromatic rings. The van der Waals surface area contributed by atoms with Crippen LogP contribution in [0.2, 0.25) is 0 Å². The second kappa shape index (κ2) is 38.1. The third-order valence-corrected chi connectivity index (χ3v) is 11.9. The van der Waals surface area contributed by atoms with Gasteiger partial charge in [-0.25, -0.2) is 4.68 Å².